The van der Waals surface area contributed by atoms with Gasteiger partial charge in [0.2, 0.25) is 0 Å². The molecule has 1 unspecified atom stereocenters. The van der Waals surface area contributed by atoms with E-state index in [4.69, 9.17) is 0 Å². The summed E-state index contributed by atoms with van der Waals surface area (Å²) in [5, 5.41) is 9.25. The minimum absolute atomic E-state index is 0. The number of fused-ring (bicyclic) bond motifs is 2. The fraction of sp³-hybridized carbons (Fsp3) is 0.333. The van der Waals surface area contributed by atoms with Crippen LogP contribution in [0.1, 0.15) is 38.2 Å². The van der Waals surface area contributed by atoms with Crippen LogP contribution in [0.2, 0.25) is 26.2 Å². The molecule has 4 rings (SSSR count). The van der Waals surface area contributed by atoms with Gasteiger partial charge in [-0.3, -0.25) is 0 Å². The predicted octanol–water partition coefficient (Wildman–Crippen LogP) is 0.952. The maximum absolute atomic E-state index is 2.64. The first-order valence-corrected chi connectivity index (χ1v) is 18.1. The van der Waals surface area contributed by atoms with Crippen molar-refractivity contribution >= 4 is 47.1 Å². The van der Waals surface area contributed by atoms with Gasteiger partial charge >= 0.3 is 37.7 Å². The summed E-state index contributed by atoms with van der Waals surface area (Å²) in [6, 6.07) is 25.6. The van der Waals surface area contributed by atoms with Crippen molar-refractivity contribution in [3.63, 3.8) is 0 Å². The predicted molar refractivity (Wildman–Crippen MR) is 137 cm³/mol. The van der Waals surface area contributed by atoms with Gasteiger partial charge in [0.05, 0.1) is 0 Å². The normalized spacial score (nSPS) is 13.1. The Balaban J connectivity index is 0.00000171. The van der Waals surface area contributed by atoms with Crippen LogP contribution < -0.4 is 48.1 Å². The molecule has 0 saturated carbocycles. The van der Waals surface area contributed by atoms with Gasteiger partial charge in [-0.15, -0.1) is 87.4 Å². The van der Waals surface area contributed by atoms with Crippen molar-refractivity contribution in [1.82, 2.24) is 0 Å². The van der Waals surface area contributed by atoms with E-state index in [2.05, 4.69) is 107 Å². The summed E-state index contributed by atoms with van der Waals surface area (Å²) in [7, 11) is -3.38. The molecule has 0 aromatic heterocycles. The van der Waals surface area contributed by atoms with Gasteiger partial charge in [-0.2, -0.15) is 6.07 Å². The van der Waals surface area contributed by atoms with Crippen LogP contribution in [0, 0.1) is 0 Å². The first-order valence-electron chi connectivity index (χ1n) is 11.1. The molecule has 152 valence electrons. The molecule has 0 fully saturated rings. The Morgan fingerprint density at radius 2 is 1.39 bits per heavy atom. The van der Waals surface area contributed by atoms with Crippen molar-refractivity contribution in [2.45, 2.75) is 58.8 Å². The van der Waals surface area contributed by atoms with Crippen LogP contribution in [0.25, 0.3) is 21.5 Å². The second kappa shape index (κ2) is 10.1. The largest absolute Gasteiger partial charge is 1.00 e. The van der Waals surface area contributed by atoms with E-state index < -0.39 is 15.2 Å². The van der Waals surface area contributed by atoms with Crippen LogP contribution in [-0.2, 0) is 0 Å². The van der Waals surface area contributed by atoms with Gasteiger partial charge in [0.1, 0.15) is 0 Å². The van der Waals surface area contributed by atoms with E-state index in [0.29, 0.717) is 5.92 Å². The van der Waals surface area contributed by atoms with E-state index in [1.807, 2.05) is 0 Å². The second-order valence-electron chi connectivity index (χ2n) is 9.83. The maximum atomic E-state index is 2.64. The molecule has 1 atom stereocenters. The zero-order valence-corrected chi connectivity index (χ0v) is 22.8. The molecule has 0 heterocycles. The number of rotatable bonds is 6. The van der Waals surface area contributed by atoms with Gasteiger partial charge in [0.15, 0.2) is 0 Å². The molecule has 4 aromatic rings. The van der Waals surface area contributed by atoms with Gasteiger partial charge < -0.3 is 0 Å². The number of hydrogen-bond acceptors (Lipinski definition) is 0. The third-order valence-corrected chi connectivity index (χ3v) is 25.3. The first kappa shape index (κ1) is 26.5. The molecule has 0 spiro atoms. The van der Waals surface area contributed by atoms with Gasteiger partial charge in [0, 0.05) is 15.2 Å². The Labute approximate surface area is 214 Å². The van der Waals surface area contributed by atoms with Crippen molar-refractivity contribution in [1.29, 1.82) is 0 Å². The average molecular weight is 429 g/mol. The average Bonchev–Trinajstić information content (AvgIpc) is 3.30. The summed E-state index contributed by atoms with van der Waals surface area (Å²) in [5.41, 5.74) is 1.58. The molecule has 0 aliphatic carbocycles. The third-order valence-electron chi connectivity index (χ3n) is 7.67. The van der Waals surface area contributed by atoms with E-state index >= 15 is 0 Å². The van der Waals surface area contributed by atoms with Crippen LogP contribution >= 0.6 is 0 Å². The van der Waals surface area contributed by atoms with E-state index in [1.54, 1.807) is 15.9 Å². The van der Waals surface area contributed by atoms with Crippen molar-refractivity contribution in [2.24, 2.45) is 0 Å². The van der Waals surface area contributed by atoms with Gasteiger partial charge in [-0.05, 0) is 12.3 Å². The topological polar surface area (TPSA) is 0 Å². The second-order valence-corrected chi connectivity index (χ2v) is 24.9. The van der Waals surface area contributed by atoms with Crippen molar-refractivity contribution in [3.05, 3.63) is 72.3 Å². The molecule has 4 aromatic carbocycles. The molecule has 31 heavy (non-hydrogen) atoms. The summed E-state index contributed by atoms with van der Waals surface area (Å²) in [4.78, 5) is 0. The van der Waals surface area contributed by atoms with Crippen molar-refractivity contribution < 1.29 is 37.7 Å². The Kier molecular flexibility index (Phi) is 8.61. The molecule has 0 radical (unpaired) electrons. The van der Waals surface area contributed by atoms with E-state index in [-0.39, 0.29) is 37.7 Å². The number of benzene rings is 2. The third kappa shape index (κ3) is 4.41. The zero-order chi connectivity index (χ0) is 20.8. The fourth-order valence-electron chi connectivity index (χ4n) is 5.16. The monoisotopic (exact) mass is 428 g/mol. The Morgan fingerprint density at radius 3 is 2.06 bits per heavy atom. The van der Waals surface area contributed by atoms with Gasteiger partial charge in [-0.1, -0.05) is 57.2 Å². The standard InChI is InChI=1S/C27H34Si2.2Li/c1-7-12-20(2)25-19-27(24-16-11-10-15-23(24)25)29(5,6)28(3,4)26-18-17-21-13-8-9-14-22(21)26;;/h8-11,13-20H,7,12H2,1-6H3;;/q-2;2*+1. The SMILES string of the molecule is CCCC(C)c1cc([Si](C)(C)[Si](C)(C)c2cc[c-]3ccccc23)c2cccc[c-]12.[Li+].[Li+]. The van der Waals surface area contributed by atoms with Gasteiger partial charge in [-0.25, -0.2) is 0 Å². The molecular formula is C27H34Li2Si2. The van der Waals surface area contributed by atoms with E-state index in [1.165, 1.54) is 34.4 Å². The smallest absolute Gasteiger partial charge is 0.151 e. The molecule has 0 amide bonds. The van der Waals surface area contributed by atoms with E-state index in [0.717, 1.165) is 0 Å². The maximum Gasteiger partial charge on any atom is 1.00 e. The molecule has 0 nitrogen and oxygen atoms in total. The Bertz CT molecular complexity index is 1150. The summed E-state index contributed by atoms with van der Waals surface area (Å²) in [5.74, 6) is 0.632. The summed E-state index contributed by atoms with van der Waals surface area (Å²) in [6.07, 6.45) is 2.51. The molecule has 0 N–H and O–H groups in total. The zero-order valence-electron chi connectivity index (χ0n) is 20.8. The van der Waals surface area contributed by atoms with Crippen LogP contribution in [0.3, 0.4) is 0 Å². The van der Waals surface area contributed by atoms with Crippen LogP contribution in [-0.4, -0.2) is 15.2 Å². The summed E-state index contributed by atoms with van der Waals surface area (Å²) >= 11 is 0. The van der Waals surface area contributed by atoms with Crippen LogP contribution in [0.15, 0.2) is 66.7 Å². The molecule has 0 saturated heterocycles. The minimum atomic E-state index is -1.70. The van der Waals surface area contributed by atoms with Crippen molar-refractivity contribution in [2.75, 3.05) is 0 Å². The summed E-state index contributed by atoms with van der Waals surface area (Å²) in [6.45, 7) is 15.2. The van der Waals surface area contributed by atoms with Crippen LogP contribution in [0.5, 0.6) is 0 Å². The minimum Gasteiger partial charge on any atom is -0.151 e. The molecule has 4 heteroatoms. The van der Waals surface area contributed by atoms with Crippen LogP contribution in [0.4, 0.5) is 0 Å². The Hall–Kier alpha value is -0.711. The van der Waals surface area contributed by atoms with E-state index in [9.17, 15) is 0 Å². The van der Waals surface area contributed by atoms with Gasteiger partial charge in [0.25, 0.3) is 0 Å². The number of hydrogen-bond donors (Lipinski definition) is 0. The Morgan fingerprint density at radius 1 is 0.774 bits per heavy atom. The molecular weight excluding hydrogens is 394 g/mol. The molecule has 0 aliphatic heterocycles. The van der Waals surface area contributed by atoms with Crippen molar-refractivity contribution in [3.8, 4) is 0 Å². The molecule has 0 bridgehead atoms. The first-order chi connectivity index (χ1) is 13.8. The summed E-state index contributed by atoms with van der Waals surface area (Å²) < 4.78 is 0. The fourth-order valence-corrected chi connectivity index (χ4v) is 14.6. The molecule has 0 aliphatic rings. The quantitative estimate of drug-likeness (QED) is 0.317.